The number of fused-ring (bicyclic) bond motifs is 1. The van der Waals surface area contributed by atoms with E-state index in [4.69, 9.17) is 4.98 Å². The van der Waals surface area contributed by atoms with Crippen LogP contribution in [0.25, 0.3) is 22.4 Å². The van der Waals surface area contributed by atoms with Gasteiger partial charge in [-0.2, -0.15) is 0 Å². The fourth-order valence-corrected chi connectivity index (χ4v) is 5.28. The van der Waals surface area contributed by atoms with Crippen molar-refractivity contribution in [2.24, 2.45) is 0 Å². The molecule has 0 bridgehead atoms. The van der Waals surface area contributed by atoms with Crippen molar-refractivity contribution in [1.82, 2.24) is 14.5 Å². The molecule has 6 nitrogen and oxygen atoms in total. The minimum absolute atomic E-state index is 0.0459. The zero-order valence-electron chi connectivity index (χ0n) is 22.0. The Hall–Kier alpha value is -4.42. The molecule has 0 aliphatic carbocycles. The van der Waals surface area contributed by atoms with Crippen molar-refractivity contribution in [3.63, 3.8) is 0 Å². The Labute approximate surface area is 229 Å². The number of benzene rings is 4. The molecule has 5 aromatic rings. The summed E-state index contributed by atoms with van der Waals surface area (Å²) in [4.78, 5) is 22.4. The number of amides is 1. The van der Waals surface area contributed by atoms with Gasteiger partial charge in [0.1, 0.15) is 5.82 Å². The summed E-state index contributed by atoms with van der Waals surface area (Å²) in [6.07, 6.45) is 0.486. The number of para-hydroxylation sites is 3. The maximum Gasteiger partial charge on any atom is 0.225 e. The van der Waals surface area contributed by atoms with Gasteiger partial charge in [0.2, 0.25) is 5.91 Å². The van der Waals surface area contributed by atoms with Gasteiger partial charge >= 0.3 is 0 Å². The summed E-state index contributed by atoms with van der Waals surface area (Å²) in [6, 6.07) is 37.3. The van der Waals surface area contributed by atoms with Gasteiger partial charge in [-0.05, 0) is 54.1 Å². The van der Waals surface area contributed by atoms with Gasteiger partial charge in [0, 0.05) is 62.6 Å². The van der Waals surface area contributed by atoms with Crippen molar-refractivity contribution in [3.05, 3.63) is 115 Å². The summed E-state index contributed by atoms with van der Waals surface area (Å²) >= 11 is 0. The van der Waals surface area contributed by atoms with E-state index in [1.165, 1.54) is 11.3 Å². The molecule has 0 radical (unpaired) electrons. The number of hydrogen-bond acceptors (Lipinski definition) is 4. The third-order valence-electron chi connectivity index (χ3n) is 7.41. The molecule has 1 aromatic heterocycles. The van der Waals surface area contributed by atoms with Crippen LogP contribution in [-0.4, -0.2) is 53.1 Å². The van der Waals surface area contributed by atoms with Gasteiger partial charge < -0.3 is 14.8 Å². The van der Waals surface area contributed by atoms with Gasteiger partial charge in [-0.25, -0.2) is 4.98 Å². The quantitative estimate of drug-likeness (QED) is 0.280. The maximum absolute atomic E-state index is 12.7. The van der Waals surface area contributed by atoms with Crippen LogP contribution >= 0.6 is 0 Å². The van der Waals surface area contributed by atoms with Gasteiger partial charge in [0.05, 0.1) is 11.0 Å². The van der Waals surface area contributed by atoms with Gasteiger partial charge in [0.25, 0.3) is 0 Å². The highest BCUT2D eigenvalue weighted by Gasteiger charge is 2.18. The second-order valence-corrected chi connectivity index (χ2v) is 10.0. The van der Waals surface area contributed by atoms with Crippen molar-refractivity contribution in [2.45, 2.75) is 13.0 Å². The van der Waals surface area contributed by atoms with E-state index < -0.39 is 0 Å². The minimum atomic E-state index is 0.0459. The first kappa shape index (κ1) is 24.9. The molecular weight excluding hydrogens is 482 g/mol. The molecule has 1 fully saturated rings. The minimum Gasteiger partial charge on any atom is -0.369 e. The SMILES string of the molecule is O=C(CCN1CCN(c2ccccc2)CC1)Nc1ccc(-c2nc3ccccc3n2Cc2ccccc2)cc1. The zero-order valence-corrected chi connectivity index (χ0v) is 22.0. The number of hydrogen-bond donors (Lipinski definition) is 1. The summed E-state index contributed by atoms with van der Waals surface area (Å²) in [7, 11) is 0. The first-order chi connectivity index (χ1) is 19.2. The molecule has 1 saturated heterocycles. The number of anilines is 2. The predicted octanol–water partition coefficient (Wildman–Crippen LogP) is 5.90. The van der Waals surface area contributed by atoms with Crippen LogP contribution in [0.5, 0.6) is 0 Å². The van der Waals surface area contributed by atoms with Crippen LogP contribution in [0.2, 0.25) is 0 Å². The third kappa shape index (κ3) is 5.86. The van der Waals surface area contributed by atoms with Gasteiger partial charge in [0.15, 0.2) is 0 Å². The Kier molecular flexibility index (Phi) is 7.36. The molecule has 0 saturated carbocycles. The smallest absolute Gasteiger partial charge is 0.225 e. The number of imidazole rings is 1. The first-order valence-electron chi connectivity index (χ1n) is 13.6. The van der Waals surface area contributed by atoms with E-state index in [9.17, 15) is 4.79 Å². The van der Waals surface area contributed by atoms with Crippen LogP contribution < -0.4 is 10.2 Å². The van der Waals surface area contributed by atoms with Crippen LogP contribution in [0.3, 0.4) is 0 Å². The van der Waals surface area contributed by atoms with Crippen molar-refractivity contribution in [1.29, 1.82) is 0 Å². The first-order valence-corrected chi connectivity index (χ1v) is 13.6. The largest absolute Gasteiger partial charge is 0.369 e. The summed E-state index contributed by atoms with van der Waals surface area (Å²) in [5.41, 5.74) is 6.42. The molecule has 6 rings (SSSR count). The molecular formula is C33H33N5O. The van der Waals surface area contributed by atoms with E-state index in [0.717, 1.165) is 67.4 Å². The van der Waals surface area contributed by atoms with Crippen LogP contribution in [0, 0.1) is 0 Å². The Morgan fingerprint density at radius 1 is 0.744 bits per heavy atom. The van der Waals surface area contributed by atoms with E-state index in [0.29, 0.717) is 6.42 Å². The fourth-order valence-electron chi connectivity index (χ4n) is 5.28. The number of piperazine rings is 1. The van der Waals surface area contributed by atoms with Crippen LogP contribution in [-0.2, 0) is 11.3 Å². The molecule has 0 spiro atoms. The number of carbonyl (C=O) groups is 1. The highest BCUT2D eigenvalue weighted by Crippen LogP contribution is 2.27. The molecule has 1 aliphatic heterocycles. The van der Waals surface area contributed by atoms with E-state index in [1.54, 1.807) is 0 Å². The lowest BCUT2D eigenvalue weighted by atomic mass is 10.1. The average molecular weight is 516 g/mol. The fraction of sp³-hybridized carbons (Fsp3) is 0.212. The number of carbonyl (C=O) groups excluding carboxylic acids is 1. The van der Waals surface area contributed by atoms with E-state index >= 15 is 0 Å². The lowest BCUT2D eigenvalue weighted by Gasteiger charge is -2.36. The highest BCUT2D eigenvalue weighted by molar-refractivity contribution is 5.91. The normalized spacial score (nSPS) is 14.0. The number of nitrogens with zero attached hydrogens (tertiary/aromatic N) is 4. The van der Waals surface area contributed by atoms with Gasteiger partial charge in [-0.1, -0.05) is 60.7 Å². The molecule has 4 aromatic carbocycles. The lowest BCUT2D eigenvalue weighted by molar-refractivity contribution is -0.116. The third-order valence-corrected chi connectivity index (χ3v) is 7.41. The zero-order chi connectivity index (χ0) is 26.4. The van der Waals surface area contributed by atoms with E-state index in [1.807, 2.05) is 36.4 Å². The Bertz CT molecular complexity index is 1520. The molecule has 39 heavy (non-hydrogen) atoms. The molecule has 1 amide bonds. The number of nitrogens with one attached hydrogen (secondary N) is 1. The van der Waals surface area contributed by atoms with Gasteiger partial charge in [-0.15, -0.1) is 0 Å². The molecule has 2 heterocycles. The van der Waals surface area contributed by atoms with Crippen LogP contribution in [0.4, 0.5) is 11.4 Å². The molecule has 196 valence electrons. The monoisotopic (exact) mass is 515 g/mol. The Balaban J connectivity index is 1.07. The van der Waals surface area contributed by atoms with Crippen molar-refractivity contribution < 1.29 is 4.79 Å². The van der Waals surface area contributed by atoms with Crippen LogP contribution in [0.1, 0.15) is 12.0 Å². The predicted molar refractivity (Wildman–Crippen MR) is 159 cm³/mol. The summed E-state index contributed by atoms with van der Waals surface area (Å²) in [5, 5.41) is 3.07. The average Bonchev–Trinajstić information content (AvgIpc) is 3.36. The van der Waals surface area contributed by atoms with Crippen LogP contribution in [0.15, 0.2) is 109 Å². The van der Waals surface area contributed by atoms with E-state index in [-0.39, 0.29) is 5.91 Å². The highest BCUT2D eigenvalue weighted by atomic mass is 16.1. The summed E-state index contributed by atoms with van der Waals surface area (Å²) < 4.78 is 2.26. The standard InChI is InChI=1S/C33H33N5O/c39-32(19-20-36-21-23-37(24-22-36)29-11-5-2-6-12-29)34-28-17-15-27(16-18-28)33-35-30-13-7-8-14-31(30)38(33)25-26-9-3-1-4-10-26/h1-18H,19-25H2,(H,34,39). The summed E-state index contributed by atoms with van der Waals surface area (Å²) in [5.74, 6) is 0.970. The lowest BCUT2D eigenvalue weighted by Crippen LogP contribution is -2.47. The van der Waals surface area contributed by atoms with Crippen molar-refractivity contribution in [3.8, 4) is 11.4 Å². The van der Waals surface area contributed by atoms with Gasteiger partial charge in [-0.3, -0.25) is 9.69 Å². The molecule has 0 unspecified atom stereocenters. The Morgan fingerprint density at radius 2 is 1.41 bits per heavy atom. The molecule has 0 atom stereocenters. The second-order valence-electron chi connectivity index (χ2n) is 10.0. The second kappa shape index (κ2) is 11.5. The van der Waals surface area contributed by atoms with E-state index in [2.05, 4.69) is 92.5 Å². The Morgan fingerprint density at radius 3 is 2.15 bits per heavy atom. The number of aromatic nitrogens is 2. The number of rotatable bonds is 8. The molecule has 6 heteroatoms. The van der Waals surface area contributed by atoms with Crippen molar-refractivity contribution >= 4 is 28.3 Å². The topological polar surface area (TPSA) is 53.4 Å². The molecule has 1 aliphatic rings. The molecule has 1 N–H and O–H groups in total. The van der Waals surface area contributed by atoms with Crippen molar-refractivity contribution in [2.75, 3.05) is 42.9 Å². The summed E-state index contributed by atoms with van der Waals surface area (Å²) in [6.45, 7) is 5.44. The maximum atomic E-state index is 12.7.